The maximum absolute atomic E-state index is 6.07. The molecule has 2 aliphatic rings. The first-order valence-electron chi connectivity index (χ1n) is 5.49. The molecule has 1 saturated carbocycles. The Labute approximate surface area is 94.6 Å². The van der Waals surface area contributed by atoms with Crippen LogP contribution in [0.2, 0.25) is 5.02 Å². The second kappa shape index (κ2) is 3.31. The maximum atomic E-state index is 6.07. The Kier molecular flexibility index (Phi) is 2.06. The predicted molar refractivity (Wildman–Crippen MR) is 61.8 cm³/mol. The number of rotatable bonds is 0. The number of hydrogen-bond acceptors (Lipinski definition) is 2. The highest BCUT2D eigenvalue weighted by atomic mass is 35.5. The third kappa shape index (κ3) is 1.48. The predicted octanol–water partition coefficient (Wildman–Crippen LogP) is 3.46. The molecule has 1 spiro atoms. The molecule has 0 radical (unpaired) electrons. The molecule has 2 nitrogen and oxygen atoms in total. The number of hydrogen-bond donors (Lipinski definition) is 1. The molecular formula is C12H14ClNO. The molecule has 1 N–H and O–H groups in total. The van der Waals surface area contributed by atoms with Crippen LogP contribution in [0.3, 0.4) is 0 Å². The first-order chi connectivity index (χ1) is 7.29. The van der Waals surface area contributed by atoms with Gasteiger partial charge in [-0.3, -0.25) is 0 Å². The van der Waals surface area contributed by atoms with Gasteiger partial charge in [0.2, 0.25) is 0 Å². The van der Waals surface area contributed by atoms with Crippen LogP contribution in [-0.4, -0.2) is 12.1 Å². The van der Waals surface area contributed by atoms with Gasteiger partial charge in [0.15, 0.2) is 5.75 Å². The van der Waals surface area contributed by atoms with E-state index in [1.165, 1.54) is 25.7 Å². The molecule has 3 heteroatoms. The largest absolute Gasteiger partial charge is 0.487 e. The van der Waals surface area contributed by atoms with Gasteiger partial charge in [0, 0.05) is 0 Å². The molecule has 1 aliphatic heterocycles. The fourth-order valence-electron chi connectivity index (χ4n) is 2.61. The molecule has 0 unspecified atom stereocenters. The van der Waals surface area contributed by atoms with Gasteiger partial charge in [-0.15, -0.1) is 0 Å². The molecule has 0 bridgehead atoms. The van der Waals surface area contributed by atoms with Crippen LogP contribution in [0.25, 0.3) is 0 Å². The number of para-hydroxylation sites is 1. The van der Waals surface area contributed by atoms with Gasteiger partial charge in [-0.2, -0.15) is 0 Å². The van der Waals surface area contributed by atoms with Crippen LogP contribution in [0.15, 0.2) is 18.2 Å². The molecule has 0 atom stereocenters. The van der Waals surface area contributed by atoms with Crippen LogP contribution in [0.4, 0.5) is 5.69 Å². The SMILES string of the molecule is Clc1cccc2c1OCC1(CCCC1)N2. The Morgan fingerprint density at radius 3 is 2.87 bits per heavy atom. The van der Waals surface area contributed by atoms with Crippen molar-refractivity contribution in [1.82, 2.24) is 0 Å². The molecule has 1 aliphatic carbocycles. The summed E-state index contributed by atoms with van der Waals surface area (Å²) in [5.41, 5.74) is 1.23. The second-order valence-corrected chi connectivity index (χ2v) is 4.92. The lowest BCUT2D eigenvalue weighted by atomic mass is 9.96. The molecule has 0 saturated heterocycles. The number of anilines is 1. The summed E-state index contributed by atoms with van der Waals surface area (Å²) in [5.74, 6) is 0.816. The van der Waals surface area contributed by atoms with Crippen molar-refractivity contribution in [3.8, 4) is 5.75 Å². The summed E-state index contributed by atoms with van der Waals surface area (Å²) in [4.78, 5) is 0. The molecule has 0 amide bonds. The van der Waals surface area contributed by atoms with E-state index in [2.05, 4.69) is 5.32 Å². The van der Waals surface area contributed by atoms with Crippen molar-refractivity contribution in [2.75, 3.05) is 11.9 Å². The highest BCUT2D eigenvalue weighted by Crippen LogP contribution is 2.43. The van der Waals surface area contributed by atoms with Crippen molar-refractivity contribution in [2.45, 2.75) is 31.2 Å². The van der Waals surface area contributed by atoms with E-state index >= 15 is 0 Å². The van der Waals surface area contributed by atoms with E-state index in [-0.39, 0.29) is 5.54 Å². The molecular weight excluding hydrogens is 210 g/mol. The molecule has 1 heterocycles. The first kappa shape index (κ1) is 9.34. The molecule has 1 aromatic carbocycles. The van der Waals surface area contributed by atoms with Crippen LogP contribution in [0.5, 0.6) is 5.75 Å². The zero-order chi connectivity index (χ0) is 10.3. The van der Waals surface area contributed by atoms with Crippen molar-refractivity contribution < 1.29 is 4.74 Å². The van der Waals surface area contributed by atoms with Crippen molar-refractivity contribution in [3.05, 3.63) is 23.2 Å². The van der Waals surface area contributed by atoms with Crippen LogP contribution < -0.4 is 10.1 Å². The van der Waals surface area contributed by atoms with Crippen molar-refractivity contribution in [2.24, 2.45) is 0 Å². The summed E-state index contributed by atoms with van der Waals surface area (Å²) in [6, 6.07) is 5.88. The Hall–Kier alpha value is -0.890. The lowest BCUT2D eigenvalue weighted by Crippen LogP contribution is -2.44. The average Bonchev–Trinajstić information content (AvgIpc) is 2.66. The van der Waals surface area contributed by atoms with Gasteiger partial charge in [-0.05, 0) is 25.0 Å². The van der Waals surface area contributed by atoms with Gasteiger partial charge < -0.3 is 10.1 Å². The molecule has 15 heavy (non-hydrogen) atoms. The van der Waals surface area contributed by atoms with E-state index in [9.17, 15) is 0 Å². The summed E-state index contributed by atoms with van der Waals surface area (Å²) >= 11 is 6.07. The zero-order valence-electron chi connectivity index (χ0n) is 8.55. The van der Waals surface area contributed by atoms with Gasteiger partial charge in [0.1, 0.15) is 6.61 Å². The minimum absolute atomic E-state index is 0.178. The summed E-state index contributed by atoms with van der Waals surface area (Å²) < 4.78 is 5.80. The van der Waals surface area contributed by atoms with Gasteiger partial charge in [0.25, 0.3) is 0 Å². The van der Waals surface area contributed by atoms with Gasteiger partial charge in [-0.1, -0.05) is 30.5 Å². The van der Waals surface area contributed by atoms with Crippen LogP contribution >= 0.6 is 11.6 Å². The summed E-state index contributed by atoms with van der Waals surface area (Å²) in [5, 5.41) is 4.31. The minimum atomic E-state index is 0.178. The number of fused-ring (bicyclic) bond motifs is 1. The summed E-state index contributed by atoms with van der Waals surface area (Å²) in [6.45, 7) is 0.754. The lowest BCUT2D eigenvalue weighted by molar-refractivity contribution is 0.221. The highest BCUT2D eigenvalue weighted by Gasteiger charge is 2.38. The van der Waals surface area contributed by atoms with E-state index in [1.54, 1.807) is 0 Å². The normalized spacial score (nSPS) is 21.9. The molecule has 1 aromatic rings. The van der Waals surface area contributed by atoms with E-state index < -0.39 is 0 Å². The maximum Gasteiger partial charge on any atom is 0.161 e. The van der Waals surface area contributed by atoms with Gasteiger partial charge >= 0.3 is 0 Å². The monoisotopic (exact) mass is 223 g/mol. The summed E-state index contributed by atoms with van der Waals surface area (Å²) in [7, 11) is 0. The third-order valence-electron chi connectivity index (χ3n) is 3.42. The lowest BCUT2D eigenvalue weighted by Gasteiger charge is -2.36. The zero-order valence-corrected chi connectivity index (χ0v) is 9.31. The van der Waals surface area contributed by atoms with Crippen molar-refractivity contribution >= 4 is 17.3 Å². The quantitative estimate of drug-likeness (QED) is 0.728. The first-order valence-corrected chi connectivity index (χ1v) is 5.86. The van der Waals surface area contributed by atoms with E-state index in [1.807, 2.05) is 18.2 Å². The van der Waals surface area contributed by atoms with E-state index in [0.717, 1.165) is 18.0 Å². The van der Waals surface area contributed by atoms with Gasteiger partial charge in [0.05, 0.1) is 16.2 Å². The molecule has 80 valence electrons. The fraction of sp³-hybridized carbons (Fsp3) is 0.500. The molecule has 1 fully saturated rings. The minimum Gasteiger partial charge on any atom is -0.487 e. The smallest absolute Gasteiger partial charge is 0.161 e. The Morgan fingerprint density at radius 2 is 2.07 bits per heavy atom. The number of ether oxygens (including phenoxy) is 1. The molecule has 0 aromatic heterocycles. The second-order valence-electron chi connectivity index (χ2n) is 4.52. The third-order valence-corrected chi connectivity index (χ3v) is 3.72. The van der Waals surface area contributed by atoms with Crippen molar-refractivity contribution in [3.63, 3.8) is 0 Å². The number of nitrogens with one attached hydrogen (secondary N) is 1. The molecule has 3 rings (SSSR count). The average molecular weight is 224 g/mol. The van der Waals surface area contributed by atoms with E-state index in [4.69, 9.17) is 16.3 Å². The van der Waals surface area contributed by atoms with E-state index in [0.29, 0.717) is 5.02 Å². The number of benzene rings is 1. The Balaban J connectivity index is 1.96. The highest BCUT2D eigenvalue weighted by molar-refractivity contribution is 6.32. The fourth-order valence-corrected chi connectivity index (χ4v) is 2.84. The van der Waals surface area contributed by atoms with Crippen LogP contribution in [0.1, 0.15) is 25.7 Å². The Bertz CT molecular complexity index is 385. The topological polar surface area (TPSA) is 21.3 Å². The number of halogens is 1. The Morgan fingerprint density at radius 1 is 1.27 bits per heavy atom. The van der Waals surface area contributed by atoms with Crippen molar-refractivity contribution in [1.29, 1.82) is 0 Å². The standard InChI is InChI=1S/C12H14ClNO/c13-9-4-3-5-10-11(9)15-8-12(14-10)6-1-2-7-12/h3-5,14H,1-2,6-8H2. The van der Waals surface area contributed by atoms with Crippen LogP contribution in [-0.2, 0) is 0 Å². The summed E-state index contributed by atoms with van der Waals surface area (Å²) in [6.07, 6.45) is 5.01. The van der Waals surface area contributed by atoms with Crippen LogP contribution in [0, 0.1) is 0 Å². The van der Waals surface area contributed by atoms with Gasteiger partial charge in [-0.25, -0.2) is 0 Å².